The Kier molecular flexibility index (Phi) is 4.10. The summed E-state index contributed by atoms with van der Waals surface area (Å²) in [6.45, 7) is 3.67. The largest absolute Gasteiger partial charge is 0.481 e. The molecule has 1 atom stereocenters. The SMILES string of the molecule is COc1cccc(CN2CCC[C@@]3(CCNC3=O)CC2)n1. The molecule has 114 valence electrons. The smallest absolute Gasteiger partial charge is 0.226 e. The van der Waals surface area contributed by atoms with Crippen LogP contribution in [0.2, 0.25) is 0 Å². The Balaban J connectivity index is 1.64. The van der Waals surface area contributed by atoms with Gasteiger partial charge < -0.3 is 10.1 Å². The minimum atomic E-state index is -0.101. The van der Waals surface area contributed by atoms with E-state index < -0.39 is 0 Å². The van der Waals surface area contributed by atoms with Gasteiger partial charge in [0.2, 0.25) is 11.8 Å². The molecule has 21 heavy (non-hydrogen) atoms. The van der Waals surface area contributed by atoms with Gasteiger partial charge in [0.25, 0.3) is 0 Å². The van der Waals surface area contributed by atoms with Crippen molar-refractivity contribution in [3.05, 3.63) is 23.9 Å². The maximum Gasteiger partial charge on any atom is 0.226 e. The molecule has 2 saturated heterocycles. The first-order valence-corrected chi connectivity index (χ1v) is 7.72. The van der Waals surface area contributed by atoms with Gasteiger partial charge in [0.1, 0.15) is 0 Å². The van der Waals surface area contributed by atoms with Crippen LogP contribution in [0.3, 0.4) is 0 Å². The zero-order valence-corrected chi connectivity index (χ0v) is 12.6. The number of aromatic nitrogens is 1. The zero-order valence-electron chi connectivity index (χ0n) is 12.6. The molecule has 5 heteroatoms. The van der Waals surface area contributed by atoms with Crippen LogP contribution in [-0.4, -0.2) is 42.5 Å². The summed E-state index contributed by atoms with van der Waals surface area (Å²) >= 11 is 0. The lowest BCUT2D eigenvalue weighted by atomic mass is 9.79. The number of hydrogen-bond donors (Lipinski definition) is 1. The highest BCUT2D eigenvalue weighted by atomic mass is 16.5. The van der Waals surface area contributed by atoms with Gasteiger partial charge in [-0.2, -0.15) is 0 Å². The fourth-order valence-electron chi connectivity index (χ4n) is 3.49. The molecule has 0 bridgehead atoms. The zero-order chi connectivity index (χ0) is 14.7. The molecular weight excluding hydrogens is 266 g/mol. The van der Waals surface area contributed by atoms with Gasteiger partial charge in [-0.3, -0.25) is 9.69 Å². The van der Waals surface area contributed by atoms with Gasteiger partial charge in [-0.05, 0) is 44.8 Å². The topological polar surface area (TPSA) is 54.5 Å². The second-order valence-corrected chi connectivity index (χ2v) is 6.09. The van der Waals surface area contributed by atoms with Crippen molar-refractivity contribution in [3.8, 4) is 5.88 Å². The van der Waals surface area contributed by atoms with E-state index in [9.17, 15) is 4.79 Å². The van der Waals surface area contributed by atoms with Crippen molar-refractivity contribution in [3.63, 3.8) is 0 Å². The molecule has 0 radical (unpaired) electrons. The second-order valence-electron chi connectivity index (χ2n) is 6.09. The fraction of sp³-hybridized carbons (Fsp3) is 0.625. The van der Waals surface area contributed by atoms with Gasteiger partial charge >= 0.3 is 0 Å². The first-order chi connectivity index (χ1) is 10.2. The Labute approximate surface area is 125 Å². The number of carbonyl (C=O) groups is 1. The third-order valence-electron chi connectivity index (χ3n) is 4.78. The average molecular weight is 289 g/mol. The molecule has 1 aromatic rings. The molecule has 3 heterocycles. The first-order valence-electron chi connectivity index (χ1n) is 7.72. The molecule has 2 aliphatic heterocycles. The molecule has 1 N–H and O–H groups in total. The van der Waals surface area contributed by atoms with E-state index in [1.807, 2.05) is 18.2 Å². The van der Waals surface area contributed by atoms with Gasteiger partial charge in [-0.15, -0.1) is 0 Å². The van der Waals surface area contributed by atoms with E-state index in [2.05, 4.69) is 15.2 Å². The van der Waals surface area contributed by atoms with E-state index in [0.717, 1.165) is 57.6 Å². The first kappa shape index (κ1) is 14.3. The Morgan fingerprint density at radius 2 is 2.24 bits per heavy atom. The molecule has 1 aromatic heterocycles. The van der Waals surface area contributed by atoms with Gasteiger partial charge in [0.15, 0.2) is 0 Å². The molecule has 2 aliphatic rings. The van der Waals surface area contributed by atoms with Crippen molar-refractivity contribution in [2.24, 2.45) is 5.41 Å². The van der Waals surface area contributed by atoms with Crippen LogP contribution in [0.25, 0.3) is 0 Å². The summed E-state index contributed by atoms with van der Waals surface area (Å²) in [6.07, 6.45) is 4.05. The summed E-state index contributed by atoms with van der Waals surface area (Å²) in [6, 6.07) is 5.88. The van der Waals surface area contributed by atoms with E-state index in [1.54, 1.807) is 7.11 Å². The van der Waals surface area contributed by atoms with Crippen LogP contribution in [0.15, 0.2) is 18.2 Å². The van der Waals surface area contributed by atoms with Crippen molar-refractivity contribution in [1.82, 2.24) is 15.2 Å². The summed E-state index contributed by atoms with van der Waals surface area (Å²) in [5, 5.41) is 3.00. The molecule has 0 aromatic carbocycles. The Morgan fingerprint density at radius 3 is 3.00 bits per heavy atom. The standard InChI is InChI=1S/C16H23N3O2/c1-21-14-5-2-4-13(18-14)12-19-10-3-6-16(8-11-19)7-9-17-15(16)20/h2,4-5H,3,6-12H2,1H3,(H,17,20)/t16-/m1/s1. The van der Waals surface area contributed by atoms with Crippen molar-refractivity contribution >= 4 is 5.91 Å². The lowest BCUT2D eigenvalue weighted by molar-refractivity contribution is -0.128. The van der Waals surface area contributed by atoms with Crippen molar-refractivity contribution in [2.75, 3.05) is 26.7 Å². The summed E-state index contributed by atoms with van der Waals surface area (Å²) in [7, 11) is 1.64. The highest BCUT2D eigenvalue weighted by Gasteiger charge is 2.42. The quantitative estimate of drug-likeness (QED) is 0.918. The number of likely N-dealkylation sites (tertiary alicyclic amines) is 1. The molecule has 5 nitrogen and oxygen atoms in total. The minimum Gasteiger partial charge on any atom is -0.481 e. The number of ether oxygens (including phenoxy) is 1. The highest BCUT2D eigenvalue weighted by molar-refractivity contribution is 5.84. The van der Waals surface area contributed by atoms with Crippen LogP contribution in [0, 0.1) is 5.41 Å². The number of methoxy groups -OCH3 is 1. The molecular formula is C16H23N3O2. The third-order valence-corrected chi connectivity index (χ3v) is 4.78. The molecule has 3 rings (SSSR count). The Morgan fingerprint density at radius 1 is 1.33 bits per heavy atom. The fourth-order valence-corrected chi connectivity index (χ4v) is 3.49. The lowest BCUT2D eigenvalue weighted by Gasteiger charge is -2.24. The number of carbonyl (C=O) groups excluding carboxylic acids is 1. The number of rotatable bonds is 3. The molecule has 1 spiro atoms. The number of amides is 1. The maximum atomic E-state index is 12.1. The Bertz CT molecular complexity index is 520. The van der Waals surface area contributed by atoms with Crippen LogP contribution in [0.4, 0.5) is 0 Å². The Hall–Kier alpha value is -1.62. The van der Waals surface area contributed by atoms with Gasteiger partial charge in [0.05, 0.1) is 18.2 Å². The highest BCUT2D eigenvalue weighted by Crippen LogP contribution is 2.38. The van der Waals surface area contributed by atoms with Crippen LogP contribution >= 0.6 is 0 Å². The van der Waals surface area contributed by atoms with Crippen LogP contribution in [0.5, 0.6) is 5.88 Å². The van der Waals surface area contributed by atoms with E-state index in [-0.39, 0.29) is 11.3 Å². The third kappa shape index (κ3) is 3.02. The summed E-state index contributed by atoms with van der Waals surface area (Å²) in [4.78, 5) is 19.0. The number of pyridine rings is 1. The van der Waals surface area contributed by atoms with Gasteiger partial charge in [-0.1, -0.05) is 6.07 Å². The second kappa shape index (κ2) is 6.02. The van der Waals surface area contributed by atoms with Gasteiger partial charge in [0, 0.05) is 19.2 Å². The molecule has 1 amide bonds. The van der Waals surface area contributed by atoms with E-state index in [0.29, 0.717) is 5.88 Å². The number of nitrogens with zero attached hydrogens (tertiary/aromatic N) is 2. The lowest BCUT2D eigenvalue weighted by Crippen LogP contribution is -2.32. The summed E-state index contributed by atoms with van der Waals surface area (Å²) in [5.74, 6) is 0.929. The van der Waals surface area contributed by atoms with Gasteiger partial charge in [-0.25, -0.2) is 4.98 Å². The average Bonchev–Trinajstić information content (AvgIpc) is 2.73. The predicted molar refractivity (Wildman–Crippen MR) is 80.0 cm³/mol. The van der Waals surface area contributed by atoms with E-state index >= 15 is 0 Å². The predicted octanol–water partition coefficient (Wildman–Crippen LogP) is 1.58. The van der Waals surface area contributed by atoms with E-state index in [4.69, 9.17) is 4.74 Å². The summed E-state index contributed by atoms with van der Waals surface area (Å²) in [5.41, 5.74) is 0.928. The molecule has 0 unspecified atom stereocenters. The van der Waals surface area contributed by atoms with Crippen LogP contribution in [0.1, 0.15) is 31.4 Å². The van der Waals surface area contributed by atoms with Crippen molar-refractivity contribution < 1.29 is 9.53 Å². The molecule has 0 aliphatic carbocycles. The number of nitrogens with one attached hydrogen (secondary N) is 1. The van der Waals surface area contributed by atoms with Crippen molar-refractivity contribution in [2.45, 2.75) is 32.2 Å². The van der Waals surface area contributed by atoms with E-state index in [1.165, 1.54) is 0 Å². The monoisotopic (exact) mass is 289 g/mol. The normalized spacial score (nSPS) is 26.6. The van der Waals surface area contributed by atoms with Crippen LogP contribution < -0.4 is 10.1 Å². The number of hydrogen-bond acceptors (Lipinski definition) is 4. The summed E-state index contributed by atoms with van der Waals surface area (Å²) < 4.78 is 5.18. The minimum absolute atomic E-state index is 0.101. The molecule has 0 saturated carbocycles. The van der Waals surface area contributed by atoms with Crippen LogP contribution in [-0.2, 0) is 11.3 Å². The van der Waals surface area contributed by atoms with Crippen molar-refractivity contribution in [1.29, 1.82) is 0 Å². The molecule has 2 fully saturated rings. The maximum absolute atomic E-state index is 12.1.